The van der Waals surface area contributed by atoms with Crippen molar-refractivity contribution in [1.29, 1.82) is 0 Å². The Morgan fingerprint density at radius 1 is 1.29 bits per heavy atom. The fraction of sp³-hybridized carbons (Fsp3) is 0.294. The standard InChI is InChI=1S/C17H17N3O/c1-11-7-8-15-13(9-11)16-14(10-18-15)17(21)20(19-16)12-5-3-2-4-6-12/h2-6,10-11,19H,7-9H2,1H3. The number of nitrogens with zero attached hydrogens (tertiary/aromatic N) is 2. The molecule has 0 amide bonds. The Morgan fingerprint density at radius 3 is 2.90 bits per heavy atom. The maximum absolute atomic E-state index is 12.6. The van der Waals surface area contributed by atoms with E-state index in [4.69, 9.17) is 0 Å². The first-order valence-electron chi connectivity index (χ1n) is 7.41. The summed E-state index contributed by atoms with van der Waals surface area (Å²) in [5, 5.41) is 3.98. The van der Waals surface area contributed by atoms with Crippen LogP contribution in [-0.2, 0) is 12.8 Å². The van der Waals surface area contributed by atoms with Crippen LogP contribution in [0.2, 0.25) is 0 Å². The molecule has 0 saturated heterocycles. The molecule has 4 rings (SSSR count). The van der Waals surface area contributed by atoms with Gasteiger partial charge in [-0.3, -0.25) is 14.9 Å². The highest BCUT2D eigenvalue weighted by Crippen LogP contribution is 2.28. The Hall–Kier alpha value is -2.36. The monoisotopic (exact) mass is 279 g/mol. The summed E-state index contributed by atoms with van der Waals surface area (Å²) in [6.07, 6.45) is 4.90. The molecule has 0 fully saturated rings. The van der Waals surface area contributed by atoms with Crippen LogP contribution in [0.3, 0.4) is 0 Å². The van der Waals surface area contributed by atoms with Crippen molar-refractivity contribution in [3.63, 3.8) is 0 Å². The third-order valence-corrected chi connectivity index (χ3v) is 4.37. The van der Waals surface area contributed by atoms with E-state index in [1.54, 1.807) is 10.9 Å². The van der Waals surface area contributed by atoms with E-state index in [1.807, 2.05) is 30.3 Å². The van der Waals surface area contributed by atoms with Crippen molar-refractivity contribution in [2.24, 2.45) is 5.92 Å². The molecule has 1 N–H and O–H groups in total. The van der Waals surface area contributed by atoms with Crippen molar-refractivity contribution in [1.82, 2.24) is 14.8 Å². The normalized spacial score (nSPS) is 17.9. The first kappa shape index (κ1) is 12.4. The van der Waals surface area contributed by atoms with Gasteiger partial charge in [-0.15, -0.1) is 0 Å². The summed E-state index contributed by atoms with van der Waals surface area (Å²) in [5.41, 5.74) is 4.15. The van der Waals surface area contributed by atoms with Gasteiger partial charge in [0, 0.05) is 11.9 Å². The lowest BCUT2D eigenvalue weighted by Crippen LogP contribution is -2.14. The van der Waals surface area contributed by atoms with Gasteiger partial charge in [-0.05, 0) is 42.9 Å². The van der Waals surface area contributed by atoms with Crippen LogP contribution in [0.4, 0.5) is 0 Å². The lowest BCUT2D eigenvalue weighted by atomic mass is 9.87. The number of para-hydroxylation sites is 1. The molecule has 0 aliphatic heterocycles. The van der Waals surface area contributed by atoms with Gasteiger partial charge in [0.25, 0.3) is 5.56 Å². The second-order valence-corrected chi connectivity index (χ2v) is 5.91. The molecule has 106 valence electrons. The fourth-order valence-corrected chi connectivity index (χ4v) is 3.19. The molecule has 1 aromatic carbocycles. The number of nitrogens with one attached hydrogen (secondary N) is 1. The molecule has 2 heterocycles. The molecule has 1 aliphatic carbocycles. The first-order chi connectivity index (χ1) is 10.2. The molecule has 0 bridgehead atoms. The molecular weight excluding hydrogens is 262 g/mol. The van der Waals surface area contributed by atoms with E-state index in [1.165, 1.54) is 12.0 Å². The van der Waals surface area contributed by atoms with E-state index in [9.17, 15) is 4.79 Å². The van der Waals surface area contributed by atoms with Gasteiger partial charge in [0.15, 0.2) is 0 Å². The summed E-state index contributed by atoms with van der Waals surface area (Å²) in [6.45, 7) is 2.26. The number of H-pyrrole nitrogens is 1. The van der Waals surface area contributed by atoms with Gasteiger partial charge in [0.1, 0.15) is 0 Å². The van der Waals surface area contributed by atoms with Crippen molar-refractivity contribution in [2.75, 3.05) is 0 Å². The lowest BCUT2D eigenvalue weighted by Gasteiger charge is -2.20. The molecule has 1 unspecified atom stereocenters. The topological polar surface area (TPSA) is 50.7 Å². The number of aromatic amines is 1. The van der Waals surface area contributed by atoms with Crippen molar-refractivity contribution in [2.45, 2.75) is 26.2 Å². The van der Waals surface area contributed by atoms with Crippen LogP contribution in [0, 0.1) is 5.92 Å². The lowest BCUT2D eigenvalue weighted by molar-refractivity contribution is 0.496. The highest BCUT2D eigenvalue weighted by atomic mass is 16.1. The predicted octanol–water partition coefficient (Wildman–Crippen LogP) is 2.84. The van der Waals surface area contributed by atoms with Crippen molar-refractivity contribution >= 4 is 10.9 Å². The van der Waals surface area contributed by atoms with Crippen LogP contribution in [-0.4, -0.2) is 14.8 Å². The Labute approximate surface area is 122 Å². The van der Waals surface area contributed by atoms with E-state index in [0.29, 0.717) is 11.3 Å². The summed E-state index contributed by atoms with van der Waals surface area (Å²) in [6, 6.07) is 9.67. The van der Waals surface area contributed by atoms with Gasteiger partial charge in [0.2, 0.25) is 0 Å². The number of benzene rings is 1. The molecule has 0 spiro atoms. The number of rotatable bonds is 1. The zero-order valence-corrected chi connectivity index (χ0v) is 12.0. The van der Waals surface area contributed by atoms with Crippen LogP contribution in [0.5, 0.6) is 0 Å². The van der Waals surface area contributed by atoms with Crippen molar-refractivity contribution in [3.8, 4) is 5.69 Å². The quantitative estimate of drug-likeness (QED) is 0.744. The highest BCUT2D eigenvalue weighted by Gasteiger charge is 2.21. The zero-order valence-electron chi connectivity index (χ0n) is 12.0. The highest BCUT2D eigenvalue weighted by molar-refractivity contribution is 5.81. The first-order valence-corrected chi connectivity index (χ1v) is 7.41. The maximum atomic E-state index is 12.6. The van der Waals surface area contributed by atoms with Gasteiger partial charge in [0.05, 0.1) is 16.6 Å². The van der Waals surface area contributed by atoms with Gasteiger partial charge in [-0.25, -0.2) is 4.68 Å². The number of fused-ring (bicyclic) bond motifs is 3. The van der Waals surface area contributed by atoms with Crippen LogP contribution >= 0.6 is 0 Å². The second-order valence-electron chi connectivity index (χ2n) is 5.91. The van der Waals surface area contributed by atoms with Gasteiger partial charge in [-0.2, -0.15) is 0 Å². The fourth-order valence-electron chi connectivity index (χ4n) is 3.19. The molecule has 0 radical (unpaired) electrons. The minimum Gasteiger partial charge on any atom is -0.290 e. The number of aromatic nitrogens is 3. The summed E-state index contributed by atoms with van der Waals surface area (Å²) in [5.74, 6) is 0.647. The predicted molar refractivity (Wildman–Crippen MR) is 82.9 cm³/mol. The van der Waals surface area contributed by atoms with Crippen LogP contribution in [0.25, 0.3) is 16.6 Å². The summed E-state index contributed by atoms with van der Waals surface area (Å²) < 4.78 is 1.62. The van der Waals surface area contributed by atoms with Crippen LogP contribution in [0.1, 0.15) is 24.6 Å². The number of hydrogen-bond donors (Lipinski definition) is 1. The van der Waals surface area contributed by atoms with Gasteiger partial charge >= 0.3 is 0 Å². The van der Waals surface area contributed by atoms with E-state index in [0.717, 1.165) is 29.7 Å². The molecule has 4 heteroatoms. The SMILES string of the molecule is CC1CCc2ncc3c(=O)n(-c4ccccc4)[nH]c3c2C1. The second kappa shape index (κ2) is 4.58. The van der Waals surface area contributed by atoms with Crippen LogP contribution < -0.4 is 5.56 Å². The molecule has 3 aromatic rings. The molecule has 1 aliphatic rings. The molecule has 2 aromatic heterocycles. The van der Waals surface area contributed by atoms with E-state index >= 15 is 0 Å². The van der Waals surface area contributed by atoms with Gasteiger partial charge < -0.3 is 0 Å². The Balaban J connectivity index is 1.99. The number of pyridine rings is 1. The smallest absolute Gasteiger partial charge is 0.280 e. The Kier molecular flexibility index (Phi) is 2.70. The molecule has 0 saturated carbocycles. The summed E-state index contributed by atoms with van der Waals surface area (Å²) in [4.78, 5) is 17.1. The van der Waals surface area contributed by atoms with E-state index < -0.39 is 0 Å². The zero-order chi connectivity index (χ0) is 14.4. The maximum Gasteiger partial charge on any atom is 0.280 e. The minimum atomic E-state index is -0.0234. The molecule has 1 atom stereocenters. The van der Waals surface area contributed by atoms with Gasteiger partial charge in [-0.1, -0.05) is 25.1 Å². The van der Waals surface area contributed by atoms with E-state index in [-0.39, 0.29) is 5.56 Å². The Bertz CT molecular complexity index is 861. The molecule has 4 nitrogen and oxygen atoms in total. The third-order valence-electron chi connectivity index (χ3n) is 4.37. The molecule has 21 heavy (non-hydrogen) atoms. The van der Waals surface area contributed by atoms with Crippen LogP contribution in [0.15, 0.2) is 41.3 Å². The largest absolute Gasteiger partial charge is 0.290 e. The summed E-state index contributed by atoms with van der Waals surface area (Å²) in [7, 11) is 0. The minimum absolute atomic E-state index is 0.0234. The average molecular weight is 279 g/mol. The average Bonchev–Trinajstić information content (AvgIpc) is 2.86. The summed E-state index contributed by atoms with van der Waals surface area (Å²) >= 11 is 0. The van der Waals surface area contributed by atoms with Crippen molar-refractivity contribution in [3.05, 3.63) is 58.1 Å². The Morgan fingerprint density at radius 2 is 2.10 bits per heavy atom. The van der Waals surface area contributed by atoms with E-state index in [2.05, 4.69) is 17.0 Å². The van der Waals surface area contributed by atoms with Crippen molar-refractivity contribution < 1.29 is 0 Å². The third kappa shape index (κ3) is 1.90. The molecular formula is C17H17N3O. The number of hydrogen-bond acceptors (Lipinski definition) is 2. The number of aryl methyl sites for hydroxylation is 1.